The third-order valence-corrected chi connectivity index (χ3v) is 3.76. The van der Waals surface area contributed by atoms with Crippen LogP contribution in [0.2, 0.25) is 0 Å². The van der Waals surface area contributed by atoms with Crippen LogP contribution in [-0.4, -0.2) is 23.0 Å². The summed E-state index contributed by atoms with van der Waals surface area (Å²) in [6.45, 7) is 0. The Morgan fingerprint density at radius 3 is 2.14 bits per heavy atom. The molecule has 1 aliphatic rings. The SMILES string of the molecule is O=C(NC1CCC(C(=O)O)CC1)c1cc(F)c(F)c(F)c1F. The van der Waals surface area contributed by atoms with Gasteiger partial charge in [-0.1, -0.05) is 0 Å². The molecule has 4 nitrogen and oxygen atoms in total. The van der Waals surface area contributed by atoms with Crippen molar-refractivity contribution in [3.8, 4) is 0 Å². The molecular weight excluding hydrogens is 306 g/mol. The molecule has 2 N–H and O–H groups in total. The number of carboxylic acid groups (broad SMARTS) is 1. The minimum Gasteiger partial charge on any atom is -0.481 e. The van der Waals surface area contributed by atoms with Gasteiger partial charge in [0.15, 0.2) is 23.3 Å². The second-order valence-corrected chi connectivity index (χ2v) is 5.21. The minimum absolute atomic E-state index is 0.298. The first kappa shape index (κ1) is 16.3. The Morgan fingerprint density at radius 1 is 1.00 bits per heavy atom. The molecule has 8 heteroatoms. The number of hydrogen-bond acceptors (Lipinski definition) is 2. The quantitative estimate of drug-likeness (QED) is 0.511. The second-order valence-electron chi connectivity index (χ2n) is 5.21. The first-order valence-electron chi connectivity index (χ1n) is 6.68. The molecule has 22 heavy (non-hydrogen) atoms. The van der Waals surface area contributed by atoms with Crippen LogP contribution in [0.3, 0.4) is 0 Å². The van der Waals surface area contributed by atoms with E-state index >= 15 is 0 Å². The second kappa shape index (κ2) is 6.33. The van der Waals surface area contributed by atoms with Crippen LogP contribution < -0.4 is 5.32 Å². The summed E-state index contributed by atoms with van der Waals surface area (Å²) in [6.07, 6.45) is 1.40. The van der Waals surface area contributed by atoms with Crippen LogP contribution in [0, 0.1) is 29.2 Å². The molecule has 0 unspecified atom stereocenters. The zero-order chi connectivity index (χ0) is 16.4. The fourth-order valence-electron chi connectivity index (χ4n) is 2.49. The molecule has 1 saturated carbocycles. The Morgan fingerprint density at radius 2 is 1.59 bits per heavy atom. The molecule has 0 bridgehead atoms. The number of carbonyl (C=O) groups excluding carboxylic acids is 1. The summed E-state index contributed by atoms with van der Waals surface area (Å²) in [6, 6.07) is -0.120. The Hall–Kier alpha value is -2.12. The smallest absolute Gasteiger partial charge is 0.306 e. The Bertz CT molecular complexity index is 613. The number of amides is 1. The van der Waals surface area contributed by atoms with Crippen molar-refractivity contribution in [1.29, 1.82) is 0 Å². The summed E-state index contributed by atoms with van der Waals surface area (Å²) in [5, 5.41) is 11.2. The number of carbonyl (C=O) groups is 2. The molecule has 1 aliphatic carbocycles. The third kappa shape index (κ3) is 3.20. The Balaban J connectivity index is 2.06. The van der Waals surface area contributed by atoms with Crippen molar-refractivity contribution in [3.63, 3.8) is 0 Å². The van der Waals surface area contributed by atoms with Crippen LogP contribution in [-0.2, 0) is 4.79 Å². The molecule has 0 spiro atoms. The van der Waals surface area contributed by atoms with Gasteiger partial charge in [-0.25, -0.2) is 17.6 Å². The highest BCUT2D eigenvalue weighted by atomic mass is 19.2. The maximum Gasteiger partial charge on any atom is 0.306 e. The normalized spacial score (nSPS) is 21.5. The van der Waals surface area contributed by atoms with E-state index < -0.39 is 52.7 Å². The van der Waals surface area contributed by atoms with E-state index in [4.69, 9.17) is 5.11 Å². The fraction of sp³-hybridized carbons (Fsp3) is 0.429. The number of nitrogens with one attached hydrogen (secondary N) is 1. The fourth-order valence-corrected chi connectivity index (χ4v) is 2.49. The number of benzene rings is 1. The topological polar surface area (TPSA) is 66.4 Å². The summed E-state index contributed by atoms with van der Waals surface area (Å²) < 4.78 is 52.5. The number of aliphatic carboxylic acids is 1. The molecule has 2 rings (SSSR count). The van der Waals surface area contributed by atoms with E-state index in [-0.39, 0.29) is 0 Å². The van der Waals surface area contributed by atoms with Crippen LogP contribution >= 0.6 is 0 Å². The van der Waals surface area contributed by atoms with Crippen LogP contribution in [0.1, 0.15) is 36.0 Å². The number of rotatable bonds is 3. The molecule has 0 saturated heterocycles. The van der Waals surface area contributed by atoms with E-state index in [9.17, 15) is 27.2 Å². The summed E-state index contributed by atoms with van der Waals surface area (Å²) in [5.41, 5.74) is -0.920. The average molecular weight is 319 g/mol. The molecule has 0 radical (unpaired) electrons. The average Bonchev–Trinajstić information content (AvgIpc) is 2.49. The van der Waals surface area contributed by atoms with E-state index in [0.717, 1.165) is 0 Å². The summed E-state index contributed by atoms with van der Waals surface area (Å²) >= 11 is 0. The van der Waals surface area contributed by atoms with Crippen LogP contribution in [0.4, 0.5) is 17.6 Å². The first-order valence-corrected chi connectivity index (χ1v) is 6.68. The van der Waals surface area contributed by atoms with E-state index in [1.54, 1.807) is 0 Å². The van der Waals surface area contributed by atoms with Gasteiger partial charge in [-0.3, -0.25) is 9.59 Å². The van der Waals surface area contributed by atoms with Crippen molar-refractivity contribution in [2.24, 2.45) is 5.92 Å². The summed E-state index contributed by atoms with van der Waals surface area (Å²) in [4.78, 5) is 22.6. The monoisotopic (exact) mass is 319 g/mol. The summed E-state index contributed by atoms with van der Waals surface area (Å²) in [5.74, 6) is -9.90. The van der Waals surface area contributed by atoms with Gasteiger partial charge in [-0.05, 0) is 31.7 Å². The van der Waals surface area contributed by atoms with Crippen molar-refractivity contribution in [3.05, 3.63) is 34.9 Å². The lowest BCUT2D eigenvalue weighted by Crippen LogP contribution is -2.39. The van der Waals surface area contributed by atoms with Gasteiger partial charge in [-0.2, -0.15) is 0 Å². The van der Waals surface area contributed by atoms with Crippen LogP contribution in [0.15, 0.2) is 6.07 Å². The van der Waals surface area contributed by atoms with Gasteiger partial charge in [0.2, 0.25) is 0 Å². The van der Waals surface area contributed by atoms with Crippen molar-refractivity contribution in [1.82, 2.24) is 5.32 Å². The molecule has 1 aromatic rings. The maximum absolute atomic E-state index is 13.5. The third-order valence-electron chi connectivity index (χ3n) is 3.76. The highest BCUT2D eigenvalue weighted by molar-refractivity contribution is 5.94. The lowest BCUT2D eigenvalue weighted by molar-refractivity contribution is -0.142. The van der Waals surface area contributed by atoms with Gasteiger partial charge in [0.1, 0.15) is 0 Å². The minimum atomic E-state index is -2.04. The number of halogens is 4. The van der Waals surface area contributed by atoms with Crippen molar-refractivity contribution < 1.29 is 32.3 Å². The lowest BCUT2D eigenvalue weighted by Gasteiger charge is -2.26. The van der Waals surface area contributed by atoms with Gasteiger partial charge >= 0.3 is 5.97 Å². The van der Waals surface area contributed by atoms with Crippen LogP contribution in [0.25, 0.3) is 0 Å². The van der Waals surface area contributed by atoms with E-state index in [0.29, 0.717) is 31.7 Å². The highest BCUT2D eigenvalue weighted by Gasteiger charge is 2.29. The Labute approximate surface area is 123 Å². The molecular formula is C14H13F4NO3. The predicted octanol–water partition coefficient (Wildman–Crippen LogP) is 2.62. The van der Waals surface area contributed by atoms with E-state index in [2.05, 4.69) is 5.32 Å². The van der Waals surface area contributed by atoms with Crippen molar-refractivity contribution >= 4 is 11.9 Å². The zero-order valence-electron chi connectivity index (χ0n) is 11.3. The van der Waals surface area contributed by atoms with E-state index in [1.165, 1.54) is 0 Å². The largest absolute Gasteiger partial charge is 0.481 e. The molecule has 1 fully saturated rings. The van der Waals surface area contributed by atoms with Gasteiger partial charge in [0.05, 0.1) is 11.5 Å². The molecule has 1 aromatic carbocycles. The van der Waals surface area contributed by atoms with Crippen LogP contribution in [0.5, 0.6) is 0 Å². The lowest BCUT2D eigenvalue weighted by atomic mass is 9.86. The first-order chi connectivity index (χ1) is 10.3. The maximum atomic E-state index is 13.5. The molecule has 0 aliphatic heterocycles. The highest BCUT2D eigenvalue weighted by Crippen LogP contribution is 2.25. The molecule has 0 aromatic heterocycles. The molecule has 0 atom stereocenters. The van der Waals surface area contributed by atoms with Gasteiger partial charge in [0.25, 0.3) is 5.91 Å². The zero-order valence-corrected chi connectivity index (χ0v) is 11.3. The van der Waals surface area contributed by atoms with Gasteiger partial charge in [-0.15, -0.1) is 0 Å². The number of hydrogen-bond donors (Lipinski definition) is 2. The predicted molar refractivity (Wildman–Crippen MR) is 67.1 cm³/mol. The number of carboxylic acids is 1. The standard InChI is InChI=1S/C14H13F4NO3/c15-9-5-8(10(16)12(18)11(9)17)13(20)19-7-3-1-6(2-4-7)14(21)22/h5-7H,1-4H2,(H,19,20)(H,21,22). The molecule has 1 amide bonds. The molecule has 120 valence electrons. The van der Waals surface area contributed by atoms with Crippen molar-refractivity contribution in [2.75, 3.05) is 0 Å². The Kier molecular flexibility index (Phi) is 4.68. The van der Waals surface area contributed by atoms with Gasteiger partial charge < -0.3 is 10.4 Å². The van der Waals surface area contributed by atoms with Crippen molar-refractivity contribution in [2.45, 2.75) is 31.7 Å². The van der Waals surface area contributed by atoms with E-state index in [1.807, 2.05) is 0 Å². The summed E-state index contributed by atoms with van der Waals surface area (Å²) in [7, 11) is 0. The van der Waals surface area contributed by atoms with Gasteiger partial charge in [0, 0.05) is 6.04 Å². The molecule has 0 heterocycles.